The van der Waals surface area contributed by atoms with Gasteiger partial charge in [0.05, 0.1) is 17.0 Å². The van der Waals surface area contributed by atoms with Crippen molar-refractivity contribution < 1.29 is 13.2 Å². The van der Waals surface area contributed by atoms with Gasteiger partial charge >= 0.3 is 6.18 Å². The minimum Gasteiger partial charge on any atom is -0.321 e. The van der Waals surface area contributed by atoms with Crippen LogP contribution in [0, 0.1) is 0 Å². The molecule has 0 atom stereocenters. The Morgan fingerprint density at radius 1 is 1.22 bits per heavy atom. The van der Waals surface area contributed by atoms with E-state index in [1.807, 2.05) is 0 Å². The van der Waals surface area contributed by atoms with E-state index in [9.17, 15) is 18.0 Å². The lowest BCUT2D eigenvalue weighted by Crippen LogP contribution is -2.08. The Kier molecular flexibility index (Phi) is 3.13. The first-order valence-corrected chi connectivity index (χ1v) is 5.18. The van der Waals surface area contributed by atoms with Crippen molar-refractivity contribution in [3.05, 3.63) is 51.4 Å². The number of alkyl halides is 3. The predicted octanol–water partition coefficient (Wildman–Crippen LogP) is 3.11. The molecule has 18 heavy (non-hydrogen) atoms. The van der Waals surface area contributed by atoms with E-state index >= 15 is 0 Å². The molecule has 2 rings (SSSR count). The van der Waals surface area contributed by atoms with Crippen LogP contribution in [0.25, 0.3) is 11.4 Å². The van der Waals surface area contributed by atoms with Crippen LogP contribution < -0.4 is 5.56 Å². The third-order valence-corrected chi connectivity index (χ3v) is 2.36. The lowest BCUT2D eigenvalue weighted by atomic mass is 10.2. The van der Waals surface area contributed by atoms with Gasteiger partial charge in [0.1, 0.15) is 5.15 Å². The van der Waals surface area contributed by atoms with E-state index in [-0.39, 0.29) is 16.5 Å². The maximum Gasteiger partial charge on any atom is 0.416 e. The zero-order valence-electron chi connectivity index (χ0n) is 8.75. The molecule has 0 saturated heterocycles. The van der Waals surface area contributed by atoms with Crippen molar-refractivity contribution in [1.82, 2.24) is 9.97 Å². The summed E-state index contributed by atoms with van der Waals surface area (Å²) in [6.07, 6.45) is -4.52. The Morgan fingerprint density at radius 3 is 2.56 bits per heavy atom. The Labute approximate surface area is 104 Å². The topological polar surface area (TPSA) is 45.8 Å². The molecular weight excluding hydrogens is 269 g/mol. The molecule has 0 spiro atoms. The van der Waals surface area contributed by atoms with Gasteiger partial charge in [0.15, 0.2) is 0 Å². The highest BCUT2D eigenvalue weighted by Gasteiger charge is 2.31. The molecule has 2 aromatic heterocycles. The second-order valence-corrected chi connectivity index (χ2v) is 3.88. The predicted molar refractivity (Wildman–Crippen MR) is 60.3 cm³/mol. The summed E-state index contributed by atoms with van der Waals surface area (Å²) in [6, 6.07) is 5.67. The van der Waals surface area contributed by atoms with Crippen molar-refractivity contribution in [2.24, 2.45) is 0 Å². The average molecular weight is 275 g/mol. The van der Waals surface area contributed by atoms with Crippen molar-refractivity contribution in [2.75, 3.05) is 0 Å². The zero-order chi connectivity index (χ0) is 13.3. The van der Waals surface area contributed by atoms with Crippen LogP contribution in [0.4, 0.5) is 13.2 Å². The van der Waals surface area contributed by atoms with E-state index in [0.717, 1.165) is 12.1 Å². The average Bonchev–Trinajstić information content (AvgIpc) is 2.27. The number of H-pyrrole nitrogens is 1. The molecule has 94 valence electrons. The Morgan fingerprint density at radius 2 is 1.94 bits per heavy atom. The fourth-order valence-electron chi connectivity index (χ4n) is 1.40. The van der Waals surface area contributed by atoms with E-state index in [4.69, 9.17) is 11.6 Å². The summed E-state index contributed by atoms with van der Waals surface area (Å²) in [5.41, 5.74) is -1.20. The Balaban J connectivity index is 2.59. The van der Waals surface area contributed by atoms with E-state index in [0.29, 0.717) is 0 Å². The van der Waals surface area contributed by atoms with Crippen LogP contribution in [0.15, 0.2) is 35.1 Å². The molecular formula is C11H6ClF3N2O. The number of halogens is 4. The van der Waals surface area contributed by atoms with Crippen LogP contribution in [0.2, 0.25) is 5.15 Å². The van der Waals surface area contributed by atoms with Gasteiger partial charge in [-0.2, -0.15) is 13.2 Å². The van der Waals surface area contributed by atoms with E-state index < -0.39 is 17.3 Å². The third-order valence-electron chi connectivity index (χ3n) is 2.17. The number of pyridine rings is 2. The minimum absolute atomic E-state index is 0.0347. The van der Waals surface area contributed by atoms with Gasteiger partial charge in [-0.1, -0.05) is 17.7 Å². The van der Waals surface area contributed by atoms with Gasteiger partial charge in [-0.25, -0.2) is 4.98 Å². The van der Waals surface area contributed by atoms with Gasteiger partial charge in [-0.3, -0.25) is 4.79 Å². The van der Waals surface area contributed by atoms with Crippen LogP contribution in [0.5, 0.6) is 0 Å². The molecule has 0 aliphatic rings. The lowest BCUT2D eigenvalue weighted by Gasteiger charge is -2.09. The first kappa shape index (κ1) is 12.6. The van der Waals surface area contributed by atoms with Crippen LogP contribution in [-0.4, -0.2) is 9.97 Å². The molecule has 7 heteroatoms. The van der Waals surface area contributed by atoms with Gasteiger partial charge < -0.3 is 4.98 Å². The van der Waals surface area contributed by atoms with Crippen molar-refractivity contribution >= 4 is 11.6 Å². The van der Waals surface area contributed by atoms with Crippen LogP contribution in [0.1, 0.15) is 5.56 Å². The highest BCUT2D eigenvalue weighted by Crippen LogP contribution is 2.32. The molecule has 3 nitrogen and oxygen atoms in total. The summed E-state index contributed by atoms with van der Waals surface area (Å²) in [6.45, 7) is 0. The second-order valence-electron chi connectivity index (χ2n) is 3.49. The Bertz CT molecular complexity index is 637. The molecule has 1 N–H and O–H groups in total. The molecule has 0 aliphatic heterocycles. The van der Waals surface area contributed by atoms with Crippen LogP contribution in [0.3, 0.4) is 0 Å². The summed E-state index contributed by atoms with van der Waals surface area (Å²) in [5.74, 6) is 0. The standard InChI is InChI=1S/C11H6ClF3N2O/c12-9-5-6(11(13,14)15)4-8(16-9)7-2-1-3-10(18)17-7/h1-5H,(H,17,18). The first-order chi connectivity index (χ1) is 8.36. The van der Waals surface area contributed by atoms with Gasteiger partial charge in [-0.05, 0) is 18.2 Å². The molecule has 0 amide bonds. The van der Waals surface area contributed by atoms with E-state index in [2.05, 4.69) is 9.97 Å². The highest BCUT2D eigenvalue weighted by molar-refractivity contribution is 6.29. The quantitative estimate of drug-likeness (QED) is 0.812. The number of rotatable bonds is 1. The summed E-state index contributed by atoms with van der Waals surface area (Å²) in [7, 11) is 0. The SMILES string of the molecule is O=c1cccc(-c2cc(C(F)(F)F)cc(Cl)n2)[nH]1. The van der Waals surface area contributed by atoms with Crippen molar-refractivity contribution in [2.45, 2.75) is 6.18 Å². The summed E-state index contributed by atoms with van der Waals surface area (Å²) in [5, 5.41) is -0.287. The molecule has 0 aromatic carbocycles. The third kappa shape index (κ3) is 2.70. The molecule has 0 saturated carbocycles. The molecule has 2 aromatic rings. The van der Waals surface area contributed by atoms with E-state index in [1.165, 1.54) is 18.2 Å². The number of aromatic nitrogens is 2. The normalized spacial score (nSPS) is 11.6. The number of nitrogens with one attached hydrogen (secondary N) is 1. The number of hydrogen-bond donors (Lipinski definition) is 1. The van der Waals surface area contributed by atoms with Gasteiger partial charge in [-0.15, -0.1) is 0 Å². The number of aromatic amines is 1. The molecule has 0 aliphatic carbocycles. The molecule has 0 radical (unpaired) electrons. The molecule has 0 unspecified atom stereocenters. The first-order valence-electron chi connectivity index (χ1n) is 4.81. The minimum atomic E-state index is -4.52. The second kappa shape index (κ2) is 4.45. The maximum atomic E-state index is 12.6. The van der Waals surface area contributed by atoms with Crippen molar-refractivity contribution in [3.8, 4) is 11.4 Å². The van der Waals surface area contributed by atoms with Crippen LogP contribution >= 0.6 is 11.6 Å². The maximum absolute atomic E-state index is 12.6. The smallest absolute Gasteiger partial charge is 0.321 e. The summed E-state index contributed by atoms with van der Waals surface area (Å²) >= 11 is 5.54. The Hall–Kier alpha value is -1.82. The zero-order valence-corrected chi connectivity index (χ0v) is 9.51. The molecule has 2 heterocycles. The van der Waals surface area contributed by atoms with Gasteiger partial charge in [0.2, 0.25) is 5.56 Å². The molecule has 0 bridgehead atoms. The summed E-state index contributed by atoms with van der Waals surface area (Å²) in [4.78, 5) is 17.2. The fourth-order valence-corrected chi connectivity index (χ4v) is 1.60. The lowest BCUT2D eigenvalue weighted by molar-refractivity contribution is -0.137. The van der Waals surface area contributed by atoms with Gasteiger partial charge in [0.25, 0.3) is 0 Å². The van der Waals surface area contributed by atoms with Gasteiger partial charge in [0, 0.05) is 6.07 Å². The van der Waals surface area contributed by atoms with E-state index in [1.54, 1.807) is 0 Å². The van der Waals surface area contributed by atoms with Crippen molar-refractivity contribution in [3.63, 3.8) is 0 Å². The monoisotopic (exact) mass is 274 g/mol. The number of hydrogen-bond acceptors (Lipinski definition) is 2. The summed E-state index contributed by atoms with van der Waals surface area (Å²) < 4.78 is 37.8. The largest absolute Gasteiger partial charge is 0.416 e. The molecule has 0 fully saturated rings. The van der Waals surface area contributed by atoms with Crippen LogP contribution in [-0.2, 0) is 6.18 Å². The van der Waals surface area contributed by atoms with Crippen molar-refractivity contribution in [1.29, 1.82) is 0 Å². The number of nitrogens with zero attached hydrogens (tertiary/aromatic N) is 1. The fraction of sp³-hybridized carbons (Fsp3) is 0.0909. The highest BCUT2D eigenvalue weighted by atomic mass is 35.5.